The smallest absolute Gasteiger partial charge is 0.305 e. The number of hydrogen-bond donors (Lipinski definition) is 1. The summed E-state index contributed by atoms with van der Waals surface area (Å²) in [7, 11) is 0. The first-order chi connectivity index (χ1) is 8.84. The van der Waals surface area contributed by atoms with E-state index >= 15 is 0 Å². The first-order valence-corrected chi connectivity index (χ1v) is 6.07. The van der Waals surface area contributed by atoms with E-state index in [-0.39, 0.29) is 24.7 Å². The number of para-hydroxylation sites is 1. The van der Waals surface area contributed by atoms with E-state index in [9.17, 15) is 14.9 Å². The van der Waals surface area contributed by atoms with Gasteiger partial charge in [-0.25, -0.2) is 0 Å². The normalized spacial score (nSPS) is 10.5. The number of nitrogens with zero attached hydrogens (tertiary/aromatic N) is 2. The maximum Gasteiger partial charge on any atom is 0.305 e. The Bertz CT molecular complexity index is 486. The summed E-state index contributed by atoms with van der Waals surface area (Å²) in [5.74, 6) is -0.916. The zero-order chi connectivity index (χ0) is 14.6. The van der Waals surface area contributed by atoms with Gasteiger partial charge in [-0.1, -0.05) is 12.1 Å². The Morgan fingerprint density at radius 3 is 2.58 bits per heavy atom. The monoisotopic (exact) mass is 266 g/mol. The van der Waals surface area contributed by atoms with Crippen LogP contribution in [0.5, 0.6) is 0 Å². The highest BCUT2D eigenvalue weighted by Gasteiger charge is 2.23. The highest BCUT2D eigenvalue weighted by Crippen LogP contribution is 2.32. The van der Waals surface area contributed by atoms with Gasteiger partial charge in [-0.3, -0.25) is 14.9 Å². The lowest BCUT2D eigenvalue weighted by Crippen LogP contribution is -2.33. The third-order valence-corrected chi connectivity index (χ3v) is 2.90. The average molecular weight is 266 g/mol. The lowest BCUT2D eigenvalue weighted by atomic mass is 10.1. The van der Waals surface area contributed by atoms with Gasteiger partial charge in [-0.2, -0.15) is 0 Å². The average Bonchev–Trinajstić information content (AvgIpc) is 2.27. The molecule has 0 spiro atoms. The lowest BCUT2D eigenvalue weighted by molar-refractivity contribution is -0.384. The molecular weight excluding hydrogens is 248 g/mol. The van der Waals surface area contributed by atoms with Gasteiger partial charge in [0.2, 0.25) is 0 Å². The van der Waals surface area contributed by atoms with Crippen molar-refractivity contribution in [3.05, 3.63) is 33.9 Å². The number of anilines is 1. The summed E-state index contributed by atoms with van der Waals surface area (Å²) in [6.45, 7) is 5.69. The van der Waals surface area contributed by atoms with Crippen LogP contribution in [0, 0.1) is 17.0 Å². The van der Waals surface area contributed by atoms with Crippen molar-refractivity contribution < 1.29 is 14.8 Å². The minimum atomic E-state index is -0.916. The highest BCUT2D eigenvalue weighted by molar-refractivity contribution is 5.70. The molecule has 0 heterocycles. The molecule has 0 aliphatic carbocycles. The number of nitro benzene ring substituents is 1. The number of hydrogen-bond acceptors (Lipinski definition) is 4. The molecule has 1 rings (SSSR count). The van der Waals surface area contributed by atoms with Crippen LogP contribution in [-0.2, 0) is 4.79 Å². The highest BCUT2D eigenvalue weighted by atomic mass is 16.6. The van der Waals surface area contributed by atoms with E-state index in [1.165, 1.54) is 0 Å². The van der Waals surface area contributed by atoms with Crippen molar-refractivity contribution in [2.45, 2.75) is 33.2 Å². The molecular formula is C13H18N2O4. The summed E-state index contributed by atoms with van der Waals surface area (Å²) in [6, 6.07) is 5.07. The molecule has 0 radical (unpaired) electrons. The van der Waals surface area contributed by atoms with E-state index in [0.717, 1.165) is 0 Å². The molecule has 0 aromatic heterocycles. The topological polar surface area (TPSA) is 83.7 Å². The standard InChI is InChI=1S/C13H18N2O4/c1-9(2)14(8-7-12(16)17)11-6-4-5-10(3)13(11)15(18)19/h4-6,9H,7-8H2,1-3H3,(H,16,17). The molecule has 0 unspecified atom stereocenters. The van der Waals surface area contributed by atoms with E-state index in [2.05, 4.69) is 0 Å². The number of benzene rings is 1. The number of rotatable bonds is 6. The van der Waals surface area contributed by atoms with Crippen LogP contribution in [0.4, 0.5) is 11.4 Å². The Labute approximate surface area is 111 Å². The molecule has 0 atom stereocenters. The Hall–Kier alpha value is -2.11. The van der Waals surface area contributed by atoms with E-state index in [4.69, 9.17) is 5.11 Å². The van der Waals surface area contributed by atoms with Crippen LogP contribution in [-0.4, -0.2) is 28.6 Å². The van der Waals surface area contributed by atoms with Gasteiger partial charge in [-0.05, 0) is 26.8 Å². The summed E-state index contributed by atoms with van der Waals surface area (Å²) >= 11 is 0. The van der Waals surface area contributed by atoms with Crippen LogP contribution in [0.15, 0.2) is 18.2 Å². The van der Waals surface area contributed by atoms with Crippen molar-refractivity contribution in [1.29, 1.82) is 0 Å². The predicted molar refractivity (Wildman–Crippen MR) is 72.6 cm³/mol. The second-order valence-electron chi connectivity index (χ2n) is 4.63. The summed E-state index contributed by atoms with van der Waals surface area (Å²) in [4.78, 5) is 23.2. The fourth-order valence-electron chi connectivity index (χ4n) is 1.99. The summed E-state index contributed by atoms with van der Waals surface area (Å²) in [5, 5.41) is 19.9. The Morgan fingerprint density at radius 2 is 2.11 bits per heavy atom. The second-order valence-corrected chi connectivity index (χ2v) is 4.63. The van der Waals surface area contributed by atoms with Crippen molar-refractivity contribution in [3.63, 3.8) is 0 Å². The molecule has 6 heteroatoms. The number of carboxylic acids is 1. The number of carbonyl (C=O) groups is 1. The molecule has 19 heavy (non-hydrogen) atoms. The Morgan fingerprint density at radius 1 is 1.47 bits per heavy atom. The van der Waals surface area contributed by atoms with Crippen LogP contribution in [0.25, 0.3) is 0 Å². The van der Waals surface area contributed by atoms with Crippen LogP contribution in [0.1, 0.15) is 25.8 Å². The molecule has 1 N–H and O–H groups in total. The number of carboxylic acid groups (broad SMARTS) is 1. The van der Waals surface area contributed by atoms with Gasteiger partial charge < -0.3 is 10.0 Å². The molecule has 0 saturated carbocycles. The van der Waals surface area contributed by atoms with Gasteiger partial charge in [0, 0.05) is 18.2 Å². The molecule has 0 saturated heterocycles. The van der Waals surface area contributed by atoms with Gasteiger partial charge in [0.05, 0.1) is 11.3 Å². The van der Waals surface area contributed by atoms with Crippen molar-refractivity contribution in [3.8, 4) is 0 Å². The molecule has 0 aliphatic heterocycles. The zero-order valence-electron chi connectivity index (χ0n) is 11.3. The molecule has 6 nitrogen and oxygen atoms in total. The van der Waals surface area contributed by atoms with E-state index in [1.807, 2.05) is 13.8 Å². The van der Waals surface area contributed by atoms with Gasteiger partial charge in [0.1, 0.15) is 5.69 Å². The fourth-order valence-corrected chi connectivity index (χ4v) is 1.99. The van der Waals surface area contributed by atoms with Crippen LogP contribution in [0.2, 0.25) is 0 Å². The van der Waals surface area contributed by atoms with Gasteiger partial charge >= 0.3 is 5.97 Å². The molecule has 0 fully saturated rings. The van der Waals surface area contributed by atoms with Crippen molar-refractivity contribution in [1.82, 2.24) is 0 Å². The number of nitro groups is 1. The Balaban J connectivity index is 3.19. The van der Waals surface area contributed by atoms with E-state index in [1.54, 1.807) is 30.0 Å². The first kappa shape index (κ1) is 14.9. The first-order valence-electron chi connectivity index (χ1n) is 6.07. The lowest BCUT2D eigenvalue weighted by Gasteiger charge is -2.28. The maximum absolute atomic E-state index is 11.2. The van der Waals surface area contributed by atoms with E-state index in [0.29, 0.717) is 11.3 Å². The van der Waals surface area contributed by atoms with Crippen molar-refractivity contribution >= 4 is 17.3 Å². The van der Waals surface area contributed by atoms with Gasteiger partial charge in [-0.15, -0.1) is 0 Å². The zero-order valence-corrected chi connectivity index (χ0v) is 11.3. The maximum atomic E-state index is 11.2. The minimum absolute atomic E-state index is 0.0140. The SMILES string of the molecule is Cc1cccc(N(CCC(=O)O)C(C)C)c1[N+](=O)[O-]. The summed E-state index contributed by atoms with van der Waals surface area (Å²) in [5.41, 5.74) is 1.09. The molecule has 1 aromatic rings. The van der Waals surface area contributed by atoms with E-state index < -0.39 is 10.9 Å². The Kier molecular flexibility index (Phi) is 4.86. The summed E-state index contributed by atoms with van der Waals surface area (Å²) in [6.07, 6.45) is -0.0523. The van der Waals surface area contributed by atoms with Crippen LogP contribution in [0.3, 0.4) is 0 Å². The van der Waals surface area contributed by atoms with Gasteiger partial charge in [0.15, 0.2) is 0 Å². The van der Waals surface area contributed by atoms with Crippen molar-refractivity contribution in [2.24, 2.45) is 0 Å². The summed E-state index contributed by atoms with van der Waals surface area (Å²) < 4.78 is 0. The quantitative estimate of drug-likeness (QED) is 0.632. The fraction of sp³-hybridized carbons (Fsp3) is 0.462. The number of aliphatic carboxylic acids is 1. The van der Waals surface area contributed by atoms with Crippen molar-refractivity contribution in [2.75, 3.05) is 11.4 Å². The molecule has 1 aromatic carbocycles. The molecule has 0 amide bonds. The van der Waals surface area contributed by atoms with Crippen LogP contribution < -0.4 is 4.90 Å². The molecule has 0 bridgehead atoms. The number of aryl methyl sites for hydroxylation is 1. The largest absolute Gasteiger partial charge is 0.481 e. The molecule has 0 aliphatic rings. The van der Waals surface area contributed by atoms with Gasteiger partial charge in [0.25, 0.3) is 5.69 Å². The predicted octanol–water partition coefficient (Wildman–Crippen LogP) is 2.59. The molecule has 104 valence electrons. The van der Waals surface area contributed by atoms with Crippen LogP contribution >= 0.6 is 0 Å². The minimum Gasteiger partial charge on any atom is -0.481 e. The third kappa shape index (κ3) is 3.67. The third-order valence-electron chi connectivity index (χ3n) is 2.90. The second kappa shape index (κ2) is 6.17.